The quantitative estimate of drug-likeness (QED) is 0.842. The first-order chi connectivity index (χ1) is 9.43. The number of benzene rings is 1. The Morgan fingerprint density at radius 2 is 1.86 bits per heavy atom. The van der Waals surface area contributed by atoms with Gasteiger partial charge in [0.25, 0.3) is 15.0 Å². The van der Waals surface area contributed by atoms with E-state index in [0.717, 1.165) is 0 Å². The largest absolute Gasteiger partial charge is 0.351 e. The molecule has 6 heteroatoms. The van der Waals surface area contributed by atoms with Gasteiger partial charge in [-0.1, -0.05) is 27.7 Å². The second kappa shape index (κ2) is 6.36. The molecule has 0 heterocycles. The molecule has 0 aromatic heterocycles. The Bertz CT molecular complexity index is 636. The van der Waals surface area contributed by atoms with E-state index in [9.17, 15) is 13.2 Å². The summed E-state index contributed by atoms with van der Waals surface area (Å²) in [6.45, 7) is 10.6. The van der Waals surface area contributed by atoms with Crippen molar-refractivity contribution in [1.82, 2.24) is 5.32 Å². The third kappa shape index (κ3) is 5.00. The Kier molecular flexibility index (Phi) is 5.45. The van der Waals surface area contributed by atoms with Gasteiger partial charge in [0.2, 0.25) is 0 Å². The van der Waals surface area contributed by atoms with E-state index in [4.69, 9.17) is 10.7 Å². The van der Waals surface area contributed by atoms with E-state index in [-0.39, 0.29) is 16.2 Å². The van der Waals surface area contributed by atoms with Crippen LogP contribution in [0.15, 0.2) is 23.1 Å². The summed E-state index contributed by atoms with van der Waals surface area (Å²) in [6, 6.07) is 4.38. The standard InChI is InChI=1S/C15H22ClNO3S/c1-10(2)15(4,5)9-17-14(18)12-6-11(3)7-13(8-12)21(16,19)20/h6-8,10H,9H2,1-5H3,(H,17,18). The van der Waals surface area contributed by atoms with Crippen molar-refractivity contribution in [2.75, 3.05) is 6.54 Å². The van der Waals surface area contributed by atoms with Crippen LogP contribution < -0.4 is 5.32 Å². The van der Waals surface area contributed by atoms with Crippen LogP contribution in [0.1, 0.15) is 43.6 Å². The molecule has 1 aromatic carbocycles. The lowest BCUT2D eigenvalue weighted by molar-refractivity contribution is 0.0924. The topological polar surface area (TPSA) is 63.2 Å². The van der Waals surface area contributed by atoms with E-state index in [1.165, 1.54) is 12.1 Å². The molecule has 0 saturated heterocycles. The van der Waals surface area contributed by atoms with Crippen LogP contribution in [0, 0.1) is 18.3 Å². The third-order valence-electron chi connectivity index (χ3n) is 3.86. The molecule has 0 aliphatic rings. The second-order valence-corrected chi connectivity index (χ2v) is 8.86. The smallest absolute Gasteiger partial charge is 0.261 e. The van der Waals surface area contributed by atoms with Gasteiger partial charge in [0.1, 0.15) is 0 Å². The number of carbonyl (C=O) groups excluding carboxylic acids is 1. The van der Waals surface area contributed by atoms with Crippen molar-refractivity contribution >= 4 is 25.6 Å². The number of rotatable bonds is 5. The van der Waals surface area contributed by atoms with Crippen molar-refractivity contribution in [2.24, 2.45) is 11.3 Å². The monoisotopic (exact) mass is 331 g/mol. The van der Waals surface area contributed by atoms with Gasteiger partial charge in [-0.3, -0.25) is 4.79 Å². The van der Waals surface area contributed by atoms with Crippen LogP contribution in [-0.4, -0.2) is 20.9 Å². The zero-order valence-corrected chi connectivity index (χ0v) is 14.6. The summed E-state index contributed by atoms with van der Waals surface area (Å²) in [5.41, 5.74) is 0.930. The molecular weight excluding hydrogens is 310 g/mol. The van der Waals surface area contributed by atoms with E-state index in [0.29, 0.717) is 23.6 Å². The fraction of sp³-hybridized carbons (Fsp3) is 0.533. The molecule has 4 nitrogen and oxygen atoms in total. The highest BCUT2D eigenvalue weighted by Gasteiger charge is 2.23. The first-order valence-corrected chi connectivity index (χ1v) is 9.09. The SMILES string of the molecule is Cc1cc(C(=O)NCC(C)(C)C(C)C)cc(S(=O)(=O)Cl)c1. The summed E-state index contributed by atoms with van der Waals surface area (Å²) < 4.78 is 22.8. The van der Waals surface area contributed by atoms with Crippen LogP contribution in [0.3, 0.4) is 0 Å². The highest BCUT2D eigenvalue weighted by atomic mass is 35.7. The summed E-state index contributed by atoms with van der Waals surface area (Å²) in [7, 11) is 1.49. The lowest BCUT2D eigenvalue weighted by atomic mass is 9.81. The van der Waals surface area contributed by atoms with Crippen molar-refractivity contribution in [3.8, 4) is 0 Å². The third-order valence-corrected chi connectivity index (χ3v) is 5.20. The number of hydrogen-bond acceptors (Lipinski definition) is 3. The van der Waals surface area contributed by atoms with E-state index < -0.39 is 9.05 Å². The molecule has 0 saturated carbocycles. The Morgan fingerprint density at radius 3 is 2.33 bits per heavy atom. The van der Waals surface area contributed by atoms with Crippen molar-refractivity contribution in [2.45, 2.75) is 39.5 Å². The van der Waals surface area contributed by atoms with Gasteiger partial charge in [-0.2, -0.15) is 0 Å². The van der Waals surface area contributed by atoms with Gasteiger partial charge >= 0.3 is 0 Å². The van der Waals surface area contributed by atoms with Gasteiger partial charge in [0, 0.05) is 22.8 Å². The van der Waals surface area contributed by atoms with Crippen LogP contribution in [0.4, 0.5) is 0 Å². The van der Waals surface area contributed by atoms with E-state index in [2.05, 4.69) is 33.0 Å². The first kappa shape index (κ1) is 18.0. The minimum atomic E-state index is -3.85. The maximum absolute atomic E-state index is 12.2. The molecule has 0 bridgehead atoms. The van der Waals surface area contributed by atoms with Crippen LogP contribution in [0.25, 0.3) is 0 Å². The number of hydrogen-bond donors (Lipinski definition) is 1. The number of nitrogens with one attached hydrogen (secondary N) is 1. The summed E-state index contributed by atoms with van der Waals surface area (Å²) >= 11 is 0. The number of halogens is 1. The average Bonchev–Trinajstić information content (AvgIpc) is 2.34. The molecule has 1 rings (SSSR count). The predicted octanol–water partition coefficient (Wildman–Crippen LogP) is 3.33. The van der Waals surface area contributed by atoms with Crippen LogP contribution in [0.5, 0.6) is 0 Å². The Balaban J connectivity index is 2.97. The molecule has 21 heavy (non-hydrogen) atoms. The van der Waals surface area contributed by atoms with E-state index in [1.54, 1.807) is 13.0 Å². The minimum Gasteiger partial charge on any atom is -0.351 e. The van der Waals surface area contributed by atoms with Crippen molar-refractivity contribution in [3.05, 3.63) is 29.3 Å². The predicted molar refractivity (Wildman–Crippen MR) is 85.2 cm³/mol. The van der Waals surface area contributed by atoms with Crippen LogP contribution >= 0.6 is 10.7 Å². The second-order valence-electron chi connectivity index (χ2n) is 6.30. The van der Waals surface area contributed by atoms with Gasteiger partial charge in [-0.15, -0.1) is 0 Å². The lowest BCUT2D eigenvalue weighted by Gasteiger charge is -2.29. The molecule has 1 aromatic rings. The average molecular weight is 332 g/mol. The molecule has 118 valence electrons. The highest BCUT2D eigenvalue weighted by molar-refractivity contribution is 8.13. The zero-order valence-electron chi connectivity index (χ0n) is 13.0. The fourth-order valence-electron chi connectivity index (χ4n) is 1.63. The van der Waals surface area contributed by atoms with E-state index in [1.807, 2.05) is 0 Å². The van der Waals surface area contributed by atoms with Crippen molar-refractivity contribution < 1.29 is 13.2 Å². The van der Waals surface area contributed by atoms with Gasteiger partial charge in [-0.25, -0.2) is 8.42 Å². The molecule has 0 unspecified atom stereocenters. The molecule has 0 aliphatic carbocycles. The van der Waals surface area contributed by atoms with E-state index >= 15 is 0 Å². The molecule has 0 aliphatic heterocycles. The maximum atomic E-state index is 12.2. The first-order valence-electron chi connectivity index (χ1n) is 6.78. The summed E-state index contributed by atoms with van der Waals surface area (Å²) in [6.07, 6.45) is 0. The summed E-state index contributed by atoms with van der Waals surface area (Å²) in [5, 5.41) is 2.85. The highest BCUT2D eigenvalue weighted by Crippen LogP contribution is 2.25. The summed E-state index contributed by atoms with van der Waals surface area (Å²) in [4.78, 5) is 12.1. The molecule has 1 amide bonds. The lowest BCUT2D eigenvalue weighted by Crippen LogP contribution is -2.37. The maximum Gasteiger partial charge on any atom is 0.261 e. The normalized spacial score (nSPS) is 12.5. The van der Waals surface area contributed by atoms with Gasteiger partial charge in [0.15, 0.2) is 0 Å². The zero-order chi connectivity index (χ0) is 16.4. The molecule has 1 N–H and O–H groups in total. The van der Waals surface area contributed by atoms with Gasteiger partial charge < -0.3 is 5.32 Å². The molecular formula is C15H22ClNO3S. The number of carbonyl (C=O) groups is 1. The Labute approximate surface area is 131 Å². The molecule has 0 atom stereocenters. The van der Waals surface area contributed by atoms with Crippen molar-refractivity contribution in [3.63, 3.8) is 0 Å². The van der Waals surface area contributed by atoms with Crippen LogP contribution in [0.2, 0.25) is 0 Å². The number of aryl methyl sites for hydroxylation is 1. The Morgan fingerprint density at radius 1 is 1.29 bits per heavy atom. The van der Waals surface area contributed by atoms with Gasteiger partial charge in [-0.05, 0) is 42.0 Å². The minimum absolute atomic E-state index is 0.0408. The Hall–Kier alpha value is -1.07. The molecule has 0 spiro atoms. The van der Waals surface area contributed by atoms with Gasteiger partial charge in [0.05, 0.1) is 4.90 Å². The number of amides is 1. The van der Waals surface area contributed by atoms with Crippen molar-refractivity contribution in [1.29, 1.82) is 0 Å². The molecule has 0 radical (unpaired) electrons. The summed E-state index contributed by atoms with van der Waals surface area (Å²) in [5.74, 6) is 0.114. The fourth-order valence-corrected chi connectivity index (χ4v) is 2.50. The van der Waals surface area contributed by atoms with Crippen LogP contribution in [-0.2, 0) is 9.05 Å². The molecule has 0 fully saturated rings.